The van der Waals surface area contributed by atoms with Gasteiger partial charge in [0.15, 0.2) is 0 Å². The summed E-state index contributed by atoms with van der Waals surface area (Å²) in [6.45, 7) is 0. The Kier molecular flexibility index (Phi) is 4.34. The second-order valence-corrected chi connectivity index (χ2v) is 4.43. The van der Waals surface area contributed by atoms with Gasteiger partial charge in [0.2, 0.25) is 0 Å². The van der Waals surface area contributed by atoms with Crippen LogP contribution in [0.3, 0.4) is 0 Å². The molecule has 76 valence electrons. The maximum Gasteiger partial charge on any atom is 0.150 e. The zero-order chi connectivity index (χ0) is 10.7. The molecule has 0 saturated carbocycles. The molecular formula is C8H6Br2ClFN2. The Bertz CT molecular complexity index is 382. The minimum atomic E-state index is -0.451. The van der Waals surface area contributed by atoms with Crippen molar-refractivity contribution in [2.75, 3.05) is 5.88 Å². The normalized spacial score (nSPS) is 11.9. The molecule has 0 radical (unpaired) electrons. The molecule has 1 aromatic carbocycles. The van der Waals surface area contributed by atoms with E-state index in [0.717, 1.165) is 0 Å². The van der Waals surface area contributed by atoms with Crippen LogP contribution in [0.1, 0.15) is 0 Å². The standard InChI is InChI=1S/C8H6Br2ClFN2/c9-4-1-6(12)7(2-5(4)10)14-8(13)3-11/h1-2H,3H2,(H2,13,14). The van der Waals surface area contributed by atoms with E-state index in [1.54, 1.807) is 0 Å². The first-order valence-electron chi connectivity index (χ1n) is 3.58. The van der Waals surface area contributed by atoms with Gasteiger partial charge in [-0.05, 0) is 44.0 Å². The zero-order valence-corrected chi connectivity index (χ0v) is 10.8. The van der Waals surface area contributed by atoms with E-state index in [4.69, 9.17) is 17.3 Å². The quantitative estimate of drug-likeness (QED) is 0.379. The summed E-state index contributed by atoms with van der Waals surface area (Å²) in [6, 6.07) is 2.84. The molecule has 0 saturated heterocycles. The lowest BCUT2D eigenvalue weighted by Gasteiger charge is -2.01. The molecule has 0 unspecified atom stereocenters. The van der Waals surface area contributed by atoms with Gasteiger partial charge in [0, 0.05) is 8.95 Å². The van der Waals surface area contributed by atoms with E-state index in [2.05, 4.69) is 36.9 Å². The van der Waals surface area contributed by atoms with E-state index in [1.165, 1.54) is 12.1 Å². The summed E-state index contributed by atoms with van der Waals surface area (Å²) in [7, 11) is 0. The third kappa shape index (κ3) is 2.93. The minimum Gasteiger partial charge on any atom is -0.386 e. The number of rotatable bonds is 2. The summed E-state index contributed by atoms with van der Waals surface area (Å²) in [5.41, 5.74) is 5.55. The van der Waals surface area contributed by atoms with E-state index < -0.39 is 5.82 Å². The van der Waals surface area contributed by atoms with Gasteiger partial charge in [0.1, 0.15) is 17.3 Å². The minimum absolute atomic E-state index is 0.0765. The Hall–Kier alpha value is -0.130. The number of aliphatic imine (C=N–C) groups is 1. The number of amidine groups is 1. The Labute approximate surface area is 103 Å². The molecule has 0 atom stereocenters. The van der Waals surface area contributed by atoms with Crippen LogP contribution in [0.2, 0.25) is 0 Å². The molecule has 2 N–H and O–H groups in total. The average Bonchev–Trinajstić information content (AvgIpc) is 2.14. The van der Waals surface area contributed by atoms with Crippen LogP contribution in [-0.4, -0.2) is 11.7 Å². The van der Waals surface area contributed by atoms with Crippen LogP contribution in [-0.2, 0) is 0 Å². The number of nitrogens with zero attached hydrogens (tertiary/aromatic N) is 1. The molecule has 0 aromatic heterocycles. The summed E-state index contributed by atoms with van der Waals surface area (Å²) >= 11 is 11.8. The van der Waals surface area contributed by atoms with E-state index >= 15 is 0 Å². The van der Waals surface area contributed by atoms with Gasteiger partial charge in [-0.3, -0.25) is 0 Å². The van der Waals surface area contributed by atoms with Crippen molar-refractivity contribution in [3.05, 3.63) is 26.9 Å². The summed E-state index contributed by atoms with van der Waals surface area (Å²) in [5.74, 6) is -0.194. The molecule has 1 rings (SSSR count). The first-order chi connectivity index (χ1) is 6.54. The summed E-state index contributed by atoms with van der Waals surface area (Å²) in [4.78, 5) is 3.82. The second-order valence-electron chi connectivity index (χ2n) is 2.45. The lowest BCUT2D eigenvalue weighted by atomic mass is 10.3. The van der Waals surface area contributed by atoms with Gasteiger partial charge in [-0.2, -0.15) is 0 Å². The van der Waals surface area contributed by atoms with Crippen LogP contribution in [0.5, 0.6) is 0 Å². The number of benzene rings is 1. The molecule has 2 nitrogen and oxygen atoms in total. The van der Waals surface area contributed by atoms with Crippen LogP contribution < -0.4 is 5.73 Å². The number of hydrogen-bond acceptors (Lipinski definition) is 1. The predicted molar refractivity (Wildman–Crippen MR) is 63.8 cm³/mol. The molecule has 14 heavy (non-hydrogen) atoms. The number of hydrogen-bond donors (Lipinski definition) is 1. The average molecular weight is 344 g/mol. The Morgan fingerprint density at radius 3 is 2.57 bits per heavy atom. The second kappa shape index (κ2) is 5.09. The van der Waals surface area contributed by atoms with Crippen molar-refractivity contribution in [3.8, 4) is 0 Å². The smallest absolute Gasteiger partial charge is 0.150 e. The van der Waals surface area contributed by atoms with E-state index in [1.807, 2.05) is 0 Å². The number of nitrogens with two attached hydrogens (primary N) is 1. The lowest BCUT2D eigenvalue weighted by molar-refractivity contribution is 0.628. The van der Waals surface area contributed by atoms with Gasteiger partial charge in [0.25, 0.3) is 0 Å². The summed E-state index contributed by atoms with van der Waals surface area (Å²) in [5, 5.41) is 0. The van der Waals surface area contributed by atoms with E-state index in [9.17, 15) is 4.39 Å². The van der Waals surface area contributed by atoms with Crippen LogP contribution in [0, 0.1) is 5.82 Å². The first kappa shape index (κ1) is 11.9. The Morgan fingerprint density at radius 2 is 2.00 bits per heavy atom. The molecule has 0 bridgehead atoms. The maximum absolute atomic E-state index is 13.3. The Morgan fingerprint density at radius 1 is 1.43 bits per heavy atom. The van der Waals surface area contributed by atoms with Crippen molar-refractivity contribution in [1.29, 1.82) is 0 Å². The maximum atomic E-state index is 13.3. The van der Waals surface area contributed by atoms with E-state index in [0.29, 0.717) is 8.95 Å². The molecule has 0 spiro atoms. The molecular weight excluding hydrogens is 338 g/mol. The van der Waals surface area contributed by atoms with Crippen molar-refractivity contribution >= 4 is 55.0 Å². The van der Waals surface area contributed by atoms with Gasteiger partial charge in [-0.1, -0.05) is 0 Å². The summed E-state index contributed by atoms with van der Waals surface area (Å²) < 4.78 is 14.6. The van der Waals surface area contributed by atoms with Crippen molar-refractivity contribution in [1.82, 2.24) is 0 Å². The van der Waals surface area contributed by atoms with Gasteiger partial charge >= 0.3 is 0 Å². The molecule has 0 aliphatic heterocycles. The monoisotopic (exact) mass is 342 g/mol. The van der Waals surface area contributed by atoms with Gasteiger partial charge in [-0.25, -0.2) is 9.38 Å². The van der Waals surface area contributed by atoms with E-state index in [-0.39, 0.29) is 17.4 Å². The van der Waals surface area contributed by atoms with Crippen LogP contribution in [0.25, 0.3) is 0 Å². The van der Waals surface area contributed by atoms with Crippen molar-refractivity contribution in [2.24, 2.45) is 10.7 Å². The fourth-order valence-corrected chi connectivity index (χ4v) is 1.49. The highest BCUT2D eigenvalue weighted by molar-refractivity contribution is 9.13. The molecule has 0 heterocycles. The molecule has 0 aliphatic carbocycles. The van der Waals surface area contributed by atoms with Gasteiger partial charge < -0.3 is 5.73 Å². The van der Waals surface area contributed by atoms with Crippen molar-refractivity contribution < 1.29 is 4.39 Å². The van der Waals surface area contributed by atoms with Crippen LogP contribution in [0.4, 0.5) is 10.1 Å². The topological polar surface area (TPSA) is 38.4 Å². The fraction of sp³-hybridized carbons (Fsp3) is 0.125. The van der Waals surface area contributed by atoms with Gasteiger partial charge in [-0.15, -0.1) is 11.6 Å². The Balaban J connectivity index is 3.16. The lowest BCUT2D eigenvalue weighted by Crippen LogP contribution is -2.12. The third-order valence-electron chi connectivity index (χ3n) is 1.39. The highest BCUT2D eigenvalue weighted by Crippen LogP contribution is 2.30. The highest BCUT2D eigenvalue weighted by Gasteiger charge is 2.06. The predicted octanol–water partition coefficient (Wildman–Crippen LogP) is 3.58. The van der Waals surface area contributed by atoms with Crippen molar-refractivity contribution in [3.63, 3.8) is 0 Å². The zero-order valence-electron chi connectivity index (χ0n) is 6.90. The molecule has 6 heteroatoms. The van der Waals surface area contributed by atoms with Crippen molar-refractivity contribution in [2.45, 2.75) is 0 Å². The van der Waals surface area contributed by atoms with Crippen LogP contribution in [0.15, 0.2) is 26.1 Å². The number of halogens is 4. The fourth-order valence-electron chi connectivity index (χ4n) is 0.782. The SMILES string of the molecule is NC(CCl)=Nc1cc(Br)c(Br)cc1F. The molecule has 0 aliphatic rings. The number of alkyl halides is 1. The van der Waals surface area contributed by atoms with Crippen LogP contribution >= 0.6 is 43.5 Å². The third-order valence-corrected chi connectivity index (χ3v) is 3.51. The first-order valence-corrected chi connectivity index (χ1v) is 5.70. The summed E-state index contributed by atoms with van der Waals surface area (Å²) in [6.07, 6.45) is 0. The highest BCUT2D eigenvalue weighted by atomic mass is 79.9. The molecule has 0 amide bonds. The largest absolute Gasteiger partial charge is 0.386 e. The molecule has 1 aromatic rings. The van der Waals surface area contributed by atoms with Gasteiger partial charge in [0.05, 0.1) is 5.88 Å². The molecule has 0 fully saturated rings.